The molecule has 2 aromatic carbocycles. The van der Waals surface area contributed by atoms with Crippen molar-refractivity contribution in [1.29, 1.82) is 0 Å². The third-order valence-electron chi connectivity index (χ3n) is 6.08. The molecule has 0 radical (unpaired) electrons. The number of nitrogens with zero attached hydrogens (tertiary/aromatic N) is 3. The lowest BCUT2D eigenvalue weighted by atomic mass is 10.1. The summed E-state index contributed by atoms with van der Waals surface area (Å²) in [6, 6.07) is 11.2. The third-order valence-corrected chi connectivity index (χ3v) is 8.12. The molecule has 1 aliphatic heterocycles. The van der Waals surface area contributed by atoms with Crippen LogP contribution in [0, 0.1) is 0 Å². The standard InChI is InChI=1S/C28H35ClN4O6S/c1-28(2,3)39-27(36)30-24-11-6-7-16-33(22-14-12-21(29)13-15-22)40(37,38)23-10-8-9-20(19-23)25(34)31(4)17-18-32(5)26(24)35/h6-10,12-15,19,24H,11,16-18H2,1-5H3,(H,30,36)/b7-6-. The van der Waals surface area contributed by atoms with E-state index in [0.29, 0.717) is 10.7 Å². The smallest absolute Gasteiger partial charge is 0.408 e. The normalized spacial score (nSPS) is 19.8. The summed E-state index contributed by atoms with van der Waals surface area (Å²) in [6.07, 6.45) is 2.58. The highest BCUT2D eigenvalue weighted by Gasteiger charge is 2.28. The fraction of sp³-hybridized carbons (Fsp3) is 0.393. The number of carbonyl (C=O) groups excluding carboxylic acids is 3. The van der Waals surface area contributed by atoms with Crippen molar-refractivity contribution < 1.29 is 27.5 Å². The lowest BCUT2D eigenvalue weighted by Crippen LogP contribution is -2.49. The quantitative estimate of drug-likeness (QED) is 0.530. The minimum absolute atomic E-state index is 0.0426. The molecule has 1 unspecified atom stereocenters. The molecular weight excluding hydrogens is 556 g/mol. The van der Waals surface area contributed by atoms with Gasteiger partial charge in [-0.15, -0.1) is 0 Å². The first kappa shape index (κ1) is 31.0. The first-order valence-corrected chi connectivity index (χ1v) is 14.5. The molecule has 40 heavy (non-hydrogen) atoms. The van der Waals surface area contributed by atoms with Crippen molar-refractivity contribution in [1.82, 2.24) is 15.1 Å². The molecule has 216 valence electrons. The van der Waals surface area contributed by atoms with Gasteiger partial charge in [-0.1, -0.05) is 29.8 Å². The largest absolute Gasteiger partial charge is 0.444 e. The number of halogens is 1. The van der Waals surface area contributed by atoms with E-state index in [9.17, 15) is 22.8 Å². The second kappa shape index (κ2) is 12.7. The number of hydrogen-bond acceptors (Lipinski definition) is 6. The summed E-state index contributed by atoms with van der Waals surface area (Å²) in [5, 5.41) is 3.06. The van der Waals surface area contributed by atoms with Gasteiger partial charge in [0, 0.05) is 37.8 Å². The summed E-state index contributed by atoms with van der Waals surface area (Å²) in [4.78, 5) is 41.7. The van der Waals surface area contributed by atoms with E-state index < -0.39 is 33.7 Å². The van der Waals surface area contributed by atoms with Crippen LogP contribution in [0.15, 0.2) is 65.6 Å². The van der Waals surface area contributed by atoms with Crippen LogP contribution in [0.2, 0.25) is 5.02 Å². The van der Waals surface area contributed by atoms with Crippen LogP contribution < -0.4 is 9.62 Å². The van der Waals surface area contributed by atoms with E-state index in [1.165, 1.54) is 32.3 Å². The number of alkyl carbamates (subject to hydrolysis) is 1. The Hall–Kier alpha value is -3.57. The molecule has 3 amide bonds. The first-order chi connectivity index (χ1) is 18.7. The maximum absolute atomic E-state index is 13.8. The minimum atomic E-state index is -4.10. The molecule has 1 heterocycles. The molecule has 0 aromatic heterocycles. The predicted molar refractivity (Wildman–Crippen MR) is 154 cm³/mol. The van der Waals surface area contributed by atoms with Crippen LogP contribution >= 0.6 is 11.6 Å². The minimum Gasteiger partial charge on any atom is -0.444 e. The number of likely N-dealkylation sites (N-methyl/N-ethyl adjacent to an activating group) is 2. The second-order valence-corrected chi connectivity index (χ2v) is 12.7. The van der Waals surface area contributed by atoms with Gasteiger partial charge < -0.3 is 19.9 Å². The number of hydrogen-bond donors (Lipinski definition) is 1. The van der Waals surface area contributed by atoms with Gasteiger partial charge in [0.2, 0.25) is 5.91 Å². The molecule has 10 nitrogen and oxygen atoms in total. The van der Waals surface area contributed by atoms with Gasteiger partial charge in [-0.25, -0.2) is 13.2 Å². The number of ether oxygens (including phenoxy) is 1. The van der Waals surface area contributed by atoms with E-state index >= 15 is 0 Å². The Morgan fingerprint density at radius 2 is 1.65 bits per heavy atom. The van der Waals surface area contributed by atoms with Crippen LogP contribution in [0.1, 0.15) is 37.6 Å². The highest BCUT2D eigenvalue weighted by atomic mass is 35.5. The topological polar surface area (TPSA) is 116 Å². The van der Waals surface area contributed by atoms with Crippen LogP contribution in [0.25, 0.3) is 0 Å². The molecule has 2 aromatic rings. The number of benzene rings is 2. The second-order valence-electron chi connectivity index (χ2n) is 10.4. The van der Waals surface area contributed by atoms with Crippen molar-refractivity contribution in [2.75, 3.05) is 38.0 Å². The highest BCUT2D eigenvalue weighted by molar-refractivity contribution is 7.92. The van der Waals surface area contributed by atoms with E-state index in [0.717, 1.165) is 0 Å². The van der Waals surface area contributed by atoms with Gasteiger partial charge in [-0.3, -0.25) is 13.9 Å². The molecular formula is C28H35ClN4O6S. The molecule has 12 heteroatoms. The highest BCUT2D eigenvalue weighted by Crippen LogP contribution is 2.26. The summed E-state index contributed by atoms with van der Waals surface area (Å²) in [5.41, 5.74) is -0.205. The number of nitrogens with one attached hydrogen (secondary N) is 1. The average molecular weight is 591 g/mol. The maximum Gasteiger partial charge on any atom is 0.408 e. The van der Waals surface area contributed by atoms with Crippen molar-refractivity contribution >= 4 is 45.2 Å². The number of sulfonamides is 1. The van der Waals surface area contributed by atoms with E-state index in [4.69, 9.17) is 16.3 Å². The Labute approximate surface area is 240 Å². The summed E-state index contributed by atoms with van der Waals surface area (Å²) in [5.74, 6) is -0.779. The third kappa shape index (κ3) is 7.98. The zero-order valence-electron chi connectivity index (χ0n) is 23.3. The van der Waals surface area contributed by atoms with Gasteiger partial charge in [-0.2, -0.15) is 0 Å². The fourth-order valence-electron chi connectivity index (χ4n) is 3.94. The van der Waals surface area contributed by atoms with Crippen molar-refractivity contribution in [3.8, 4) is 0 Å². The Morgan fingerprint density at radius 1 is 1.00 bits per heavy atom. The molecule has 3 rings (SSSR count). The summed E-state index contributed by atoms with van der Waals surface area (Å²) < 4.78 is 34.1. The van der Waals surface area contributed by atoms with E-state index in [1.54, 1.807) is 77.4 Å². The van der Waals surface area contributed by atoms with E-state index in [-0.39, 0.29) is 42.4 Å². The summed E-state index contributed by atoms with van der Waals surface area (Å²) in [7, 11) is -0.940. The van der Waals surface area contributed by atoms with Crippen molar-refractivity contribution in [2.45, 2.75) is 43.7 Å². The molecule has 0 saturated heterocycles. The number of rotatable bonds is 2. The fourth-order valence-corrected chi connectivity index (χ4v) is 5.53. The van der Waals surface area contributed by atoms with Gasteiger partial charge in [-0.05, 0) is 69.7 Å². The summed E-state index contributed by atoms with van der Waals surface area (Å²) >= 11 is 6.03. The molecule has 1 aliphatic rings. The molecule has 1 N–H and O–H groups in total. The Bertz CT molecular complexity index is 1370. The van der Waals surface area contributed by atoms with Gasteiger partial charge in [0.05, 0.1) is 17.1 Å². The summed E-state index contributed by atoms with van der Waals surface area (Å²) in [6.45, 7) is 5.45. The van der Waals surface area contributed by atoms with Crippen LogP contribution in [0.3, 0.4) is 0 Å². The molecule has 2 bridgehead atoms. The first-order valence-electron chi connectivity index (χ1n) is 12.7. The zero-order valence-corrected chi connectivity index (χ0v) is 24.8. The number of amides is 3. The van der Waals surface area contributed by atoms with Gasteiger partial charge in [0.15, 0.2) is 0 Å². The molecule has 0 aliphatic carbocycles. The van der Waals surface area contributed by atoms with Crippen LogP contribution in [0.4, 0.5) is 10.5 Å². The van der Waals surface area contributed by atoms with Crippen LogP contribution in [-0.2, 0) is 19.6 Å². The maximum atomic E-state index is 13.8. The van der Waals surface area contributed by atoms with Crippen molar-refractivity contribution in [3.63, 3.8) is 0 Å². The van der Waals surface area contributed by atoms with Gasteiger partial charge in [0.1, 0.15) is 11.6 Å². The van der Waals surface area contributed by atoms with E-state index in [2.05, 4.69) is 5.32 Å². The number of carbonyl (C=O) groups is 3. The average Bonchev–Trinajstić information content (AvgIpc) is 2.89. The molecule has 1 atom stereocenters. The Morgan fingerprint density at radius 3 is 2.30 bits per heavy atom. The molecule has 0 saturated carbocycles. The van der Waals surface area contributed by atoms with Crippen LogP contribution in [0.5, 0.6) is 0 Å². The SMILES string of the molecule is CN1CCN(C)C(=O)C(NC(=O)OC(C)(C)C)C/C=C\CN(c2ccc(Cl)cc2)S(=O)(=O)c2cccc(c2)C1=O. The number of fused-ring (bicyclic) bond motifs is 2. The number of anilines is 1. The Balaban J connectivity index is 2.03. The van der Waals surface area contributed by atoms with Crippen LogP contribution in [-0.4, -0.2) is 81.5 Å². The Kier molecular flexibility index (Phi) is 9.86. The molecule has 0 spiro atoms. The van der Waals surface area contributed by atoms with Crippen molar-refractivity contribution in [3.05, 3.63) is 71.3 Å². The van der Waals surface area contributed by atoms with Gasteiger partial charge in [0.25, 0.3) is 15.9 Å². The lowest BCUT2D eigenvalue weighted by Gasteiger charge is -2.28. The van der Waals surface area contributed by atoms with Crippen molar-refractivity contribution in [2.24, 2.45) is 0 Å². The van der Waals surface area contributed by atoms with E-state index in [1.807, 2.05) is 0 Å². The van der Waals surface area contributed by atoms with Gasteiger partial charge >= 0.3 is 6.09 Å². The molecule has 0 fully saturated rings. The lowest BCUT2D eigenvalue weighted by molar-refractivity contribution is -0.132. The monoisotopic (exact) mass is 590 g/mol. The predicted octanol–water partition coefficient (Wildman–Crippen LogP) is 3.92. The zero-order chi connectivity index (χ0) is 29.7.